The minimum Gasteiger partial charge on any atom is -0.415 e. The van der Waals surface area contributed by atoms with E-state index in [4.69, 9.17) is 16.6 Å². The molecule has 0 amide bonds. The summed E-state index contributed by atoms with van der Waals surface area (Å²) in [5.41, 5.74) is 0.539. The molecule has 0 bridgehead atoms. The van der Waals surface area contributed by atoms with Crippen LogP contribution in [0.4, 0.5) is 5.69 Å². The van der Waals surface area contributed by atoms with E-state index in [1.165, 1.54) is 29.9 Å². The molecule has 3 aromatic rings. The number of benzene rings is 1. The first-order valence-electron chi connectivity index (χ1n) is 8.65. The molecule has 1 N–H and O–H groups in total. The van der Waals surface area contributed by atoms with Gasteiger partial charge in [0.2, 0.25) is 5.89 Å². The van der Waals surface area contributed by atoms with Crippen LogP contribution in [0.15, 0.2) is 41.1 Å². The van der Waals surface area contributed by atoms with Crippen LogP contribution < -0.4 is 4.90 Å². The van der Waals surface area contributed by atoms with Crippen LogP contribution in [0, 0.1) is 14.9 Å². The minimum atomic E-state index is -0.441. The zero-order chi connectivity index (χ0) is 19.0. The average Bonchev–Trinajstić information content (AvgIpc) is 3.34. The molecule has 1 aliphatic rings. The van der Waals surface area contributed by atoms with Crippen LogP contribution in [-0.4, -0.2) is 30.3 Å². The van der Waals surface area contributed by atoms with Gasteiger partial charge in [0, 0.05) is 50.0 Å². The van der Waals surface area contributed by atoms with Gasteiger partial charge in [-0.2, -0.15) is 0 Å². The summed E-state index contributed by atoms with van der Waals surface area (Å²) in [6.07, 6.45) is 6.26. The second kappa shape index (κ2) is 7.05. The number of imidazole rings is 1. The van der Waals surface area contributed by atoms with Crippen molar-refractivity contribution in [2.45, 2.75) is 32.1 Å². The number of nitrogens with one attached hydrogen (secondary N) is 1. The molecule has 0 radical (unpaired) electrons. The standard InChI is InChI=1S/C17H18N6O3S/c1-20-7-8-21(17(20)27)11-22(13-5-6-13)10-15-18-19-16(26-15)12-3-2-4-14(9-12)23(24)25/h2-4,7-9,13H,5-6,10-11H2,1H3/p+1. The highest BCUT2D eigenvalue weighted by atomic mass is 32.1. The third-order valence-electron chi connectivity index (χ3n) is 4.69. The summed E-state index contributed by atoms with van der Waals surface area (Å²) in [5.74, 6) is 0.807. The molecule has 10 heteroatoms. The lowest BCUT2D eigenvalue weighted by molar-refractivity contribution is -0.948. The van der Waals surface area contributed by atoms with Crippen LogP contribution in [-0.2, 0) is 20.3 Å². The van der Waals surface area contributed by atoms with Crippen molar-refractivity contribution in [3.63, 3.8) is 0 Å². The molecule has 27 heavy (non-hydrogen) atoms. The Bertz CT molecular complexity index is 1040. The summed E-state index contributed by atoms with van der Waals surface area (Å²) in [4.78, 5) is 11.8. The first-order chi connectivity index (χ1) is 13.0. The van der Waals surface area contributed by atoms with Crippen molar-refractivity contribution in [3.8, 4) is 11.5 Å². The summed E-state index contributed by atoms with van der Waals surface area (Å²) >= 11 is 5.42. The lowest BCUT2D eigenvalue weighted by atomic mass is 10.2. The number of non-ortho nitro benzene ring substituents is 1. The van der Waals surface area contributed by atoms with Gasteiger partial charge in [0.15, 0.2) is 18.0 Å². The second-order valence-electron chi connectivity index (χ2n) is 6.74. The van der Waals surface area contributed by atoms with E-state index in [1.54, 1.807) is 12.1 Å². The van der Waals surface area contributed by atoms with Crippen molar-refractivity contribution in [2.24, 2.45) is 7.05 Å². The lowest BCUT2D eigenvalue weighted by Crippen LogP contribution is -3.11. The van der Waals surface area contributed by atoms with Gasteiger partial charge in [0.05, 0.1) is 11.0 Å². The number of nitrogens with zero attached hydrogens (tertiary/aromatic N) is 5. The smallest absolute Gasteiger partial charge is 0.271 e. The largest absolute Gasteiger partial charge is 0.415 e. The maximum atomic E-state index is 10.9. The maximum absolute atomic E-state index is 10.9. The Morgan fingerprint density at radius 2 is 2.19 bits per heavy atom. The first kappa shape index (κ1) is 17.6. The van der Waals surface area contributed by atoms with Crippen molar-refractivity contribution < 1.29 is 14.2 Å². The van der Waals surface area contributed by atoms with Gasteiger partial charge in [-0.3, -0.25) is 14.7 Å². The molecule has 9 nitrogen and oxygen atoms in total. The van der Waals surface area contributed by atoms with Crippen molar-refractivity contribution in [3.05, 3.63) is 57.4 Å². The number of aromatic nitrogens is 4. The molecule has 0 spiro atoms. The quantitative estimate of drug-likeness (QED) is 0.377. The fraction of sp³-hybridized carbons (Fsp3) is 0.353. The van der Waals surface area contributed by atoms with Gasteiger partial charge >= 0.3 is 0 Å². The molecular weight excluding hydrogens is 368 g/mol. The minimum absolute atomic E-state index is 0.00376. The maximum Gasteiger partial charge on any atom is 0.271 e. The highest BCUT2D eigenvalue weighted by molar-refractivity contribution is 7.71. The molecule has 1 saturated carbocycles. The van der Waals surface area contributed by atoms with E-state index in [0.29, 0.717) is 29.9 Å². The van der Waals surface area contributed by atoms with Crippen LogP contribution >= 0.6 is 12.2 Å². The fourth-order valence-electron chi connectivity index (χ4n) is 3.06. The molecule has 1 unspecified atom stereocenters. The zero-order valence-corrected chi connectivity index (χ0v) is 15.6. The van der Waals surface area contributed by atoms with Gasteiger partial charge in [0.25, 0.3) is 11.6 Å². The summed E-state index contributed by atoms with van der Waals surface area (Å²) in [7, 11) is 1.93. The monoisotopic (exact) mass is 387 g/mol. The fourth-order valence-corrected chi connectivity index (χ4v) is 3.25. The van der Waals surface area contributed by atoms with Gasteiger partial charge < -0.3 is 13.9 Å². The Labute approximate surface area is 160 Å². The number of hydrogen-bond donors (Lipinski definition) is 1. The van der Waals surface area contributed by atoms with Gasteiger partial charge in [-0.1, -0.05) is 6.07 Å². The number of nitro groups is 1. The van der Waals surface area contributed by atoms with Crippen molar-refractivity contribution in [1.29, 1.82) is 0 Å². The van der Waals surface area contributed by atoms with Gasteiger partial charge in [0.1, 0.15) is 0 Å². The number of rotatable bonds is 7. The Morgan fingerprint density at radius 1 is 1.37 bits per heavy atom. The van der Waals surface area contributed by atoms with Crippen molar-refractivity contribution in [2.75, 3.05) is 0 Å². The Morgan fingerprint density at radius 3 is 2.85 bits per heavy atom. The van der Waals surface area contributed by atoms with E-state index in [-0.39, 0.29) is 5.69 Å². The third-order valence-corrected chi connectivity index (χ3v) is 5.22. The molecule has 4 rings (SSSR count). The van der Waals surface area contributed by atoms with Gasteiger partial charge in [-0.25, -0.2) is 0 Å². The van der Waals surface area contributed by atoms with Gasteiger partial charge in [-0.05, 0) is 18.3 Å². The van der Waals surface area contributed by atoms with E-state index in [2.05, 4.69) is 10.2 Å². The number of nitro benzene ring substituents is 1. The lowest BCUT2D eigenvalue weighted by Gasteiger charge is -2.17. The molecule has 1 aliphatic carbocycles. The Kier molecular flexibility index (Phi) is 4.58. The predicted octanol–water partition coefficient (Wildman–Crippen LogP) is 1.72. The normalized spacial score (nSPS) is 15.0. The third kappa shape index (κ3) is 3.81. The first-order valence-corrected chi connectivity index (χ1v) is 9.05. The van der Waals surface area contributed by atoms with Gasteiger partial charge in [-0.15, -0.1) is 10.2 Å². The summed E-state index contributed by atoms with van der Waals surface area (Å²) in [6.45, 7) is 1.32. The topological polar surface area (TPSA) is 96.4 Å². The average molecular weight is 387 g/mol. The Balaban J connectivity index is 1.52. The van der Waals surface area contributed by atoms with Crippen molar-refractivity contribution in [1.82, 2.24) is 19.3 Å². The SMILES string of the molecule is Cn1ccn(C[NH+](Cc2nnc(-c3cccc([N+](=O)[O-])c3)o2)C2CC2)c1=S. The summed E-state index contributed by atoms with van der Waals surface area (Å²) in [5, 5.41) is 19.1. The van der Waals surface area contributed by atoms with E-state index in [9.17, 15) is 10.1 Å². The Hall–Kier alpha value is -2.85. The van der Waals surface area contributed by atoms with Crippen LogP contribution in [0.5, 0.6) is 0 Å². The molecule has 0 aliphatic heterocycles. The molecule has 1 fully saturated rings. The molecule has 0 saturated heterocycles. The number of quaternary nitrogens is 1. The van der Waals surface area contributed by atoms with Crippen LogP contribution in [0.25, 0.3) is 11.5 Å². The zero-order valence-electron chi connectivity index (χ0n) is 14.7. The molecular formula is C17H19N6O3S+. The second-order valence-corrected chi connectivity index (χ2v) is 7.10. The van der Waals surface area contributed by atoms with Crippen LogP contribution in [0.3, 0.4) is 0 Å². The van der Waals surface area contributed by atoms with Crippen LogP contribution in [0.2, 0.25) is 0 Å². The van der Waals surface area contributed by atoms with E-state index in [1.807, 2.05) is 28.6 Å². The highest BCUT2D eigenvalue weighted by Gasteiger charge is 2.34. The summed E-state index contributed by atoms with van der Waals surface area (Å²) < 4.78 is 10.5. The number of aryl methyl sites for hydroxylation is 1. The molecule has 1 aromatic carbocycles. The van der Waals surface area contributed by atoms with Crippen LogP contribution in [0.1, 0.15) is 18.7 Å². The highest BCUT2D eigenvalue weighted by Crippen LogP contribution is 2.23. The van der Waals surface area contributed by atoms with Crippen molar-refractivity contribution >= 4 is 17.9 Å². The predicted molar refractivity (Wildman–Crippen MR) is 98.3 cm³/mol. The number of hydrogen-bond acceptors (Lipinski definition) is 6. The van der Waals surface area contributed by atoms with E-state index >= 15 is 0 Å². The van der Waals surface area contributed by atoms with E-state index in [0.717, 1.165) is 11.4 Å². The molecule has 2 aromatic heterocycles. The molecule has 140 valence electrons. The summed E-state index contributed by atoms with van der Waals surface area (Å²) in [6, 6.07) is 6.75. The van der Waals surface area contributed by atoms with E-state index < -0.39 is 4.92 Å². The molecule has 1 atom stereocenters. The molecule has 2 heterocycles.